The first-order valence-corrected chi connectivity index (χ1v) is 5.43. The molecule has 0 spiro atoms. The highest BCUT2D eigenvalue weighted by Crippen LogP contribution is 2.18. The minimum absolute atomic E-state index is 0.140. The molecule has 88 valence electrons. The Kier molecular flexibility index (Phi) is 2.95. The summed E-state index contributed by atoms with van der Waals surface area (Å²) < 4.78 is 1.69. The maximum atomic E-state index is 12.0. The lowest BCUT2D eigenvalue weighted by molar-refractivity contribution is 0.101. The SMILES string of the molecule is Cc1cccc(NC(=O)c2cncn2C)c1C. The molecule has 0 atom stereocenters. The van der Waals surface area contributed by atoms with E-state index in [0.29, 0.717) is 5.69 Å². The van der Waals surface area contributed by atoms with Crippen LogP contribution in [0.25, 0.3) is 0 Å². The van der Waals surface area contributed by atoms with Gasteiger partial charge in [0.2, 0.25) is 0 Å². The summed E-state index contributed by atoms with van der Waals surface area (Å²) in [6.07, 6.45) is 3.17. The molecule has 1 aromatic carbocycles. The molecule has 2 rings (SSSR count). The Balaban J connectivity index is 2.25. The molecule has 0 saturated carbocycles. The van der Waals surface area contributed by atoms with Crippen molar-refractivity contribution in [3.05, 3.63) is 47.5 Å². The van der Waals surface area contributed by atoms with Crippen molar-refractivity contribution in [3.8, 4) is 0 Å². The number of aryl methyl sites for hydroxylation is 2. The second-order valence-corrected chi connectivity index (χ2v) is 4.09. The maximum Gasteiger partial charge on any atom is 0.273 e. The zero-order chi connectivity index (χ0) is 12.4. The van der Waals surface area contributed by atoms with E-state index in [-0.39, 0.29) is 5.91 Å². The van der Waals surface area contributed by atoms with Gasteiger partial charge in [-0.15, -0.1) is 0 Å². The Bertz CT molecular complexity index is 558. The molecular formula is C13H15N3O. The van der Waals surface area contributed by atoms with Gasteiger partial charge in [0, 0.05) is 12.7 Å². The molecule has 17 heavy (non-hydrogen) atoms. The number of hydrogen-bond acceptors (Lipinski definition) is 2. The van der Waals surface area contributed by atoms with Crippen molar-refractivity contribution in [2.24, 2.45) is 7.05 Å². The Hall–Kier alpha value is -2.10. The zero-order valence-corrected chi connectivity index (χ0v) is 10.2. The summed E-state index contributed by atoms with van der Waals surface area (Å²) in [6.45, 7) is 4.02. The number of aromatic nitrogens is 2. The summed E-state index contributed by atoms with van der Waals surface area (Å²) >= 11 is 0. The minimum Gasteiger partial charge on any atom is -0.330 e. The van der Waals surface area contributed by atoms with Crippen LogP contribution in [0.15, 0.2) is 30.7 Å². The summed E-state index contributed by atoms with van der Waals surface area (Å²) in [5.74, 6) is -0.140. The van der Waals surface area contributed by atoms with Crippen molar-refractivity contribution in [1.29, 1.82) is 0 Å². The molecule has 0 aliphatic heterocycles. The predicted octanol–water partition coefficient (Wildman–Crippen LogP) is 2.29. The van der Waals surface area contributed by atoms with E-state index in [1.54, 1.807) is 24.1 Å². The average molecular weight is 229 g/mol. The predicted molar refractivity (Wildman–Crippen MR) is 67.1 cm³/mol. The van der Waals surface area contributed by atoms with E-state index >= 15 is 0 Å². The van der Waals surface area contributed by atoms with E-state index < -0.39 is 0 Å². The summed E-state index contributed by atoms with van der Waals surface area (Å²) in [4.78, 5) is 15.9. The van der Waals surface area contributed by atoms with E-state index in [4.69, 9.17) is 0 Å². The Morgan fingerprint density at radius 2 is 2.12 bits per heavy atom. The van der Waals surface area contributed by atoms with Crippen molar-refractivity contribution in [3.63, 3.8) is 0 Å². The van der Waals surface area contributed by atoms with Gasteiger partial charge in [0.05, 0.1) is 12.5 Å². The van der Waals surface area contributed by atoms with Crippen LogP contribution in [0, 0.1) is 13.8 Å². The number of carbonyl (C=O) groups is 1. The standard InChI is InChI=1S/C13H15N3O/c1-9-5-4-6-11(10(9)2)15-13(17)12-7-14-8-16(12)3/h4-8H,1-3H3,(H,15,17). The molecule has 4 heteroatoms. The zero-order valence-electron chi connectivity index (χ0n) is 10.2. The van der Waals surface area contributed by atoms with E-state index in [0.717, 1.165) is 16.8 Å². The summed E-state index contributed by atoms with van der Waals surface area (Å²) in [5.41, 5.74) is 3.64. The lowest BCUT2D eigenvalue weighted by Crippen LogP contribution is -2.16. The highest BCUT2D eigenvalue weighted by Gasteiger charge is 2.11. The lowest BCUT2D eigenvalue weighted by atomic mass is 10.1. The van der Waals surface area contributed by atoms with Crippen molar-refractivity contribution in [2.75, 3.05) is 5.32 Å². The number of carbonyl (C=O) groups excluding carboxylic acids is 1. The second-order valence-electron chi connectivity index (χ2n) is 4.09. The van der Waals surface area contributed by atoms with E-state index in [9.17, 15) is 4.79 Å². The smallest absolute Gasteiger partial charge is 0.273 e. The molecule has 1 heterocycles. The fourth-order valence-corrected chi connectivity index (χ4v) is 1.65. The van der Waals surface area contributed by atoms with Crippen LogP contribution in [0.4, 0.5) is 5.69 Å². The van der Waals surface area contributed by atoms with Crippen LogP contribution in [0.1, 0.15) is 21.6 Å². The number of nitrogens with one attached hydrogen (secondary N) is 1. The molecular weight excluding hydrogens is 214 g/mol. The summed E-state index contributed by atoms with van der Waals surface area (Å²) in [7, 11) is 1.80. The molecule has 0 saturated heterocycles. The molecule has 0 aliphatic carbocycles. The Morgan fingerprint density at radius 1 is 1.35 bits per heavy atom. The Morgan fingerprint density at radius 3 is 2.76 bits per heavy atom. The fourth-order valence-electron chi connectivity index (χ4n) is 1.65. The van der Waals surface area contributed by atoms with Gasteiger partial charge in [-0.25, -0.2) is 4.98 Å². The van der Waals surface area contributed by atoms with E-state index in [1.807, 2.05) is 32.0 Å². The minimum atomic E-state index is -0.140. The van der Waals surface area contributed by atoms with Gasteiger partial charge in [0.15, 0.2) is 0 Å². The van der Waals surface area contributed by atoms with Gasteiger partial charge in [0.25, 0.3) is 5.91 Å². The number of amides is 1. The first-order chi connectivity index (χ1) is 8.09. The molecule has 0 unspecified atom stereocenters. The quantitative estimate of drug-likeness (QED) is 0.858. The lowest BCUT2D eigenvalue weighted by Gasteiger charge is -2.10. The molecule has 0 aliphatic rings. The average Bonchev–Trinajstić information content (AvgIpc) is 2.71. The van der Waals surface area contributed by atoms with Gasteiger partial charge in [0.1, 0.15) is 5.69 Å². The number of anilines is 1. The molecule has 4 nitrogen and oxygen atoms in total. The molecule has 1 N–H and O–H groups in total. The summed E-state index contributed by atoms with van der Waals surface area (Å²) in [6, 6.07) is 5.85. The van der Waals surface area contributed by atoms with Gasteiger partial charge in [-0.05, 0) is 31.0 Å². The van der Waals surface area contributed by atoms with Gasteiger partial charge in [-0.1, -0.05) is 12.1 Å². The van der Waals surface area contributed by atoms with Crippen LogP contribution in [-0.4, -0.2) is 15.5 Å². The first-order valence-electron chi connectivity index (χ1n) is 5.43. The third kappa shape index (κ3) is 2.20. The van der Waals surface area contributed by atoms with E-state index in [1.165, 1.54) is 0 Å². The number of rotatable bonds is 2. The van der Waals surface area contributed by atoms with Crippen LogP contribution in [-0.2, 0) is 7.05 Å². The van der Waals surface area contributed by atoms with Crippen LogP contribution < -0.4 is 5.32 Å². The molecule has 0 radical (unpaired) electrons. The number of imidazole rings is 1. The van der Waals surface area contributed by atoms with Crippen molar-refractivity contribution < 1.29 is 4.79 Å². The van der Waals surface area contributed by atoms with Gasteiger partial charge < -0.3 is 9.88 Å². The van der Waals surface area contributed by atoms with Crippen LogP contribution >= 0.6 is 0 Å². The highest BCUT2D eigenvalue weighted by molar-refractivity contribution is 6.03. The van der Waals surface area contributed by atoms with Crippen molar-refractivity contribution in [1.82, 2.24) is 9.55 Å². The fraction of sp³-hybridized carbons (Fsp3) is 0.231. The van der Waals surface area contributed by atoms with Gasteiger partial charge in [-0.3, -0.25) is 4.79 Å². The maximum absolute atomic E-state index is 12.0. The third-order valence-electron chi connectivity index (χ3n) is 2.90. The highest BCUT2D eigenvalue weighted by atomic mass is 16.2. The van der Waals surface area contributed by atoms with Crippen LogP contribution in [0.3, 0.4) is 0 Å². The topological polar surface area (TPSA) is 46.9 Å². The molecule has 1 amide bonds. The van der Waals surface area contributed by atoms with Crippen molar-refractivity contribution in [2.45, 2.75) is 13.8 Å². The number of hydrogen-bond donors (Lipinski definition) is 1. The molecule has 0 fully saturated rings. The van der Waals surface area contributed by atoms with Crippen LogP contribution in [0.2, 0.25) is 0 Å². The molecule has 0 bridgehead atoms. The normalized spacial score (nSPS) is 10.3. The monoisotopic (exact) mass is 229 g/mol. The first kappa shape index (κ1) is 11.4. The molecule has 1 aromatic heterocycles. The number of nitrogens with zero attached hydrogens (tertiary/aromatic N) is 2. The second kappa shape index (κ2) is 4.41. The summed E-state index contributed by atoms with van der Waals surface area (Å²) in [5, 5.41) is 2.89. The largest absolute Gasteiger partial charge is 0.330 e. The molecule has 2 aromatic rings. The van der Waals surface area contributed by atoms with Gasteiger partial charge >= 0.3 is 0 Å². The Labute approximate surface area is 100 Å². The van der Waals surface area contributed by atoms with Crippen LogP contribution in [0.5, 0.6) is 0 Å². The third-order valence-corrected chi connectivity index (χ3v) is 2.90. The van der Waals surface area contributed by atoms with Gasteiger partial charge in [-0.2, -0.15) is 0 Å². The number of benzene rings is 1. The van der Waals surface area contributed by atoms with E-state index in [2.05, 4.69) is 10.3 Å². The van der Waals surface area contributed by atoms with Crippen molar-refractivity contribution >= 4 is 11.6 Å².